The number of carbonyl (C=O) groups is 2. The summed E-state index contributed by atoms with van der Waals surface area (Å²) in [5.74, 6) is -2.06. The van der Waals surface area contributed by atoms with Crippen LogP contribution in [-0.2, 0) is 22.4 Å². The SMILES string of the molecule is O=C(O)C1C(CCc2ccccc2)C1C1(CCc2ccccc2)N[NH+]([O-])CC1=O. The number of rotatable bonds is 8. The van der Waals surface area contributed by atoms with Crippen molar-refractivity contribution in [3.8, 4) is 0 Å². The number of benzene rings is 2. The Morgan fingerprint density at radius 3 is 2.17 bits per heavy atom. The molecule has 0 spiro atoms. The molecule has 5 unspecified atom stereocenters. The minimum atomic E-state index is -1.06. The second kappa shape index (κ2) is 8.06. The van der Waals surface area contributed by atoms with Crippen LogP contribution >= 0.6 is 0 Å². The van der Waals surface area contributed by atoms with Crippen LogP contribution in [0.3, 0.4) is 0 Å². The minimum absolute atomic E-state index is 0.106. The van der Waals surface area contributed by atoms with Gasteiger partial charge in [0.15, 0.2) is 6.54 Å². The molecule has 0 radical (unpaired) electrons. The number of hydroxylamine groups is 1. The lowest BCUT2D eigenvalue weighted by Gasteiger charge is -2.28. The van der Waals surface area contributed by atoms with Crippen LogP contribution in [0.25, 0.3) is 0 Å². The molecule has 0 aromatic heterocycles. The smallest absolute Gasteiger partial charge is 0.307 e. The van der Waals surface area contributed by atoms with E-state index in [4.69, 9.17) is 0 Å². The first-order valence-electron chi connectivity index (χ1n) is 10.2. The largest absolute Gasteiger partial charge is 0.613 e. The summed E-state index contributed by atoms with van der Waals surface area (Å²) in [7, 11) is 0. The number of aryl methyl sites for hydroxylation is 2. The summed E-state index contributed by atoms with van der Waals surface area (Å²) in [6.07, 6.45) is 2.53. The van der Waals surface area contributed by atoms with Gasteiger partial charge in [-0.15, -0.1) is 0 Å². The number of carbonyl (C=O) groups excluding carboxylic acids is 1. The molecule has 152 valence electrons. The number of Topliss-reactive ketones (excluding diaryl/α,β-unsaturated/α-hetero) is 1. The van der Waals surface area contributed by atoms with Gasteiger partial charge < -0.3 is 10.3 Å². The molecule has 1 aliphatic carbocycles. The van der Waals surface area contributed by atoms with Crippen LogP contribution in [0.4, 0.5) is 0 Å². The van der Waals surface area contributed by atoms with E-state index in [-0.39, 0.29) is 29.3 Å². The zero-order valence-electron chi connectivity index (χ0n) is 16.2. The maximum absolute atomic E-state index is 12.9. The van der Waals surface area contributed by atoms with Gasteiger partial charge in [0, 0.05) is 5.92 Å². The Bertz CT molecular complexity index is 873. The molecule has 1 saturated heterocycles. The summed E-state index contributed by atoms with van der Waals surface area (Å²) in [5, 5.41) is 21.6. The fraction of sp³-hybridized carbons (Fsp3) is 0.391. The lowest BCUT2D eigenvalue weighted by molar-refractivity contribution is -0.883. The highest BCUT2D eigenvalue weighted by Gasteiger charge is 2.69. The summed E-state index contributed by atoms with van der Waals surface area (Å²) < 4.78 is 0. The van der Waals surface area contributed by atoms with E-state index >= 15 is 0 Å². The van der Waals surface area contributed by atoms with Crippen molar-refractivity contribution < 1.29 is 19.9 Å². The molecule has 1 heterocycles. The fourth-order valence-electron chi connectivity index (χ4n) is 5.01. The van der Waals surface area contributed by atoms with Crippen molar-refractivity contribution in [1.29, 1.82) is 0 Å². The van der Waals surface area contributed by atoms with E-state index in [0.717, 1.165) is 17.5 Å². The molecule has 2 aromatic carbocycles. The first-order chi connectivity index (χ1) is 14.0. The highest BCUT2D eigenvalue weighted by Crippen LogP contribution is 2.56. The third-order valence-corrected chi connectivity index (χ3v) is 6.46. The Labute approximate surface area is 170 Å². The van der Waals surface area contributed by atoms with Crippen LogP contribution in [0.1, 0.15) is 24.0 Å². The molecule has 29 heavy (non-hydrogen) atoms. The number of ketones is 1. The van der Waals surface area contributed by atoms with Gasteiger partial charge in [-0.25, -0.2) is 0 Å². The molecule has 2 aliphatic rings. The first-order valence-corrected chi connectivity index (χ1v) is 10.2. The van der Waals surface area contributed by atoms with Crippen LogP contribution < -0.4 is 10.6 Å². The number of hydrogen-bond acceptors (Lipinski definition) is 4. The van der Waals surface area contributed by atoms with Crippen molar-refractivity contribution in [2.24, 2.45) is 17.8 Å². The van der Waals surface area contributed by atoms with E-state index in [1.54, 1.807) is 0 Å². The Morgan fingerprint density at radius 1 is 1.07 bits per heavy atom. The van der Waals surface area contributed by atoms with Gasteiger partial charge in [-0.3, -0.25) is 14.8 Å². The predicted octanol–water partition coefficient (Wildman–Crippen LogP) is 1.41. The molecule has 0 amide bonds. The molecule has 2 fully saturated rings. The molecule has 4 rings (SSSR count). The van der Waals surface area contributed by atoms with Gasteiger partial charge in [-0.2, -0.15) is 5.43 Å². The summed E-state index contributed by atoms with van der Waals surface area (Å²) >= 11 is 0. The lowest BCUT2D eigenvalue weighted by atomic mass is 9.82. The molecule has 5 atom stereocenters. The van der Waals surface area contributed by atoms with Crippen molar-refractivity contribution >= 4 is 11.8 Å². The van der Waals surface area contributed by atoms with E-state index in [0.29, 0.717) is 19.3 Å². The standard InChI is InChI=1S/C23H26N2O4/c26-19-15-25(29)24-23(19,14-13-17-9-5-2-6-10-17)21-18(20(21)22(27)28)12-11-16-7-3-1-4-8-16/h1-10,18,20-21,24-25H,11-15H2,(H,27,28). The number of hydrogen-bond donors (Lipinski definition) is 3. The number of aliphatic carboxylic acids is 1. The Kier molecular flexibility index (Phi) is 5.50. The van der Waals surface area contributed by atoms with Gasteiger partial charge >= 0.3 is 5.97 Å². The average Bonchev–Trinajstić information content (AvgIpc) is 3.39. The maximum atomic E-state index is 12.9. The van der Waals surface area contributed by atoms with Crippen LogP contribution in [-0.4, -0.2) is 28.9 Å². The number of carboxylic acid groups (broad SMARTS) is 1. The van der Waals surface area contributed by atoms with Crippen molar-refractivity contribution in [2.45, 2.75) is 31.2 Å². The number of nitrogens with one attached hydrogen (secondary N) is 2. The number of quaternary nitrogens is 1. The summed E-state index contributed by atoms with van der Waals surface area (Å²) in [6.45, 7) is -0.150. The molecular weight excluding hydrogens is 368 g/mol. The van der Waals surface area contributed by atoms with Gasteiger partial charge in [0.05, 0.1) is 5.92 Å². The second-order valence-electron chi connectivity index (χ2n) is 8.18. The molecule has 6 heteroatoms. The monoisotopic (exact) mass is 394 g/mol. The van der Waals surface area contributed by atoms with Crippen LogP contribution in [0.15, 0.2) is 60.7 Å². The van der Waals surface area contributed by atoms with Gasteiger partial charge in [-0.1, -0.05) is 60.7 Å². The molecule has 6 nitrogen and oxygen atoms in total. The highest BCUT2D eigenvalue weighted by atomic mass is 16.5. The fourth-order valence-corrected chi connectivity index (χ4v) is 5.01. The third-order valence-electron chi connectivity index (χ3n) is 6.46. The zero-order chi connectivity index (χ0) is 20.4. The Hall–Kier alpha value is -2.54. The summed E-state index contributed by atoms with van der Waals surface area (Å²) in [4.78, 5) is 24.9. The average molecular weight is 394 g/mol. The van der Waals surface area contributed by atoms with E-state index in [1.807, 2.05) is 60.7 Å². The predicted molar refractivity (Wildman–Crippen MR) is 108 cm³/mol. The van der Waals surface area contributed by atoms with Crippen molar-refractivity contribution in [2.75, 3.05) is 6.54 Å². The first kappa shape index (κ1) is 19.8. The lowest BCUT2D eigenvalue weighted by Crippen LogP contribution is -3.13. The van der Waals surface area contributed by atoms with E-state index < -0.39 is 17.4 Å². The van der Waals surface area contributed by atoms with Gasteiger partial charge in [0.2, 0.25) is 5.78 Å². The molecule has 2 aromatic rings. The van der Waals surface area contributed by atoms with E-state index in [1.165, 1.54) is 0 Å². The Morgan fingerprint density at radius 2 is 1.66 bits per heavy atom. The van der Waals surface area contributed by atoms with Gasteiger partial charge in [0.25, 0.3) is 0 Å². The molecular formula is C23H26N2O4. The van der Waals surface area contributed by atoms with Crippen molar-refractivity contribution in [1.82, 2.24) is 5.43 Å². The van der Waals surface area contributed by atoms with Crippen LogP contribution in [0.2, 0.25) is 0 Å². The molecule has 0 bridgehead atoms. The van der Waals surface area contributed by atoms with Crippen molar-refractivity contribution in [3.63, 3.8) is 0 Å². The number of carboxylic acids is 1. The quantitative estimate of drug-likeness (QED) is 0.589. The second-order valence-corrected chi connectivity index (χ2v) is 8.18. The molecule has 1 aliphatic heterocycles. The van der Waals surface area contributed by atoms with Crippen molar-refractivity contribution in [3.05, 3.63) is 77.0 Å². The van der Waals surface area contributed by atoms with E-state index in [2.05, 4.69) is 5.43 Å². The molecule has 1 saturated carbocycles. The normalized spacial score (nSPS) is 31.0. The highest BCUT2D eigenvalue weighted by molar-refractivity contribution is 5.92. The topological polar surface area (TPSA) is 93.9 Å². The minimum Gasteiger partial charge on any atom is -0.613 e. The van der Waals surface area contributed by atoms with E-state index in [9.17, 15) is 19.9 Å². The third kappa shape index (κ3) is 3.96. The van der Waals surface area contributed by atoms with Crippen LogP contribution in [0.5, 0.6) is 0 Å². The van der Waals surface area contributed by atoms with Gasteiger partial charge in [-0.05, 0) is 42.7 Å². The maximum Gasteiger partial charge on any atom is 0.307 e. The summed E-state index contributed by atoms with van der Waals surface area (Å²) in [5.41, 5.74) is 4.09. The van der Waals surface area contributed by atoms with Crippen LogP contribution in [0, 0.1) is 23.0 Å². The summed E-state index contributed by atoms with van der Waals surface area (Å²) in [6, 6.07) is 19.7. The zero-order valence-corrected chi connectivity index (χ0v) is 16.2. The molecule has 3 N–H and O–H groups in total. The Balaban J connectivity index is 1.54. The van der Waals surface area contributed by atoms with Gasteiger partial charge in [0.1, 0.15) is 5.54 Å².